The van der Waals surface area contributed by atoms with Gasteiger partial charge in [0.15, 0.2) is 0 Å². The summed E-state index contributed by atoms with van der Waals surface area (Å²) in [5.74, 6) is -2.02. The Hall–Kier alpha value is -3.36. The van der Waals surface area contributed by atoms with E-state index in [9.17, 15) is 17.6 Å². The number of pyridine rings is 1. The first-order valence-electron chi connectivity index (χ1n) is 10.3. The number of hydrogen-bond donors (Lipinski definition) is 3. The molecule has 2 aromatic heterocycles. The normalized spacial score (nSPS) is 11.3. The van der Waals surface area contributed by atoms with Crippen LogP contribution in [0.3, 0.4) is 0 Å². The minimum absolute atomic E-state index is 0.0328. The molecule has 2 aromatic carbocycles. The van der Waals surface area contributed by atoms with Crippen LogP contribution in [0.15, 0.2) is 59.8 Å². The summed E-state index contributed by atoms with van der Waals surface area (Å²) in [6.07, 6.45) is 1.16. The van der Waals surface area contributed by atoms with Crippen molar-refractivity contribution in [1.82, 2.24) is 19.7 Å². The van der Waals surface area contributed by atoms with Gasteiger partial charge in [0.1, 0.15) is 28.5 Å². The summed E-state index contributed by atoms with van der Waals surface area (Å²) >= 11 is 13.2. The van der Waals surface area contributed by atoms with Crippen molar-refractivity contribution >= 4 is 55.9 Å². The van der Waals surface area contributed by atoms with Crippen LogP contribution in [-0.2, 0) is 21.4 Å². The molecule has 2 heterocycles. The van der Waals surface area contributed by atoms with Crippen LogP contribution in [-0.4, -0.2) is 40.4 Å². The van der Waals surface area contributed by atoms with Gasteiger partial charge in [-0.25, -0.2) is 17.8 Å². The third-order valence-corrected chi connectivity index (χ3v) is 7.28. The average Bonchev–Trinajstić information content (AvgIpc) is 3.34. The predicted octanol–water partition coefficient (Wildman–Crippen LogP) is 4.81. The Balaban J connectivity index is 1.63. The van der Waals surface area contributed by atoms with Crippen molar-refractivity contribution in [2.75, 3.05) is 11.3 Å². The van der Waals surface area contributed by atoms with Gasteiger partial charge in [0, 0.05) is 34.7 Å². The van der Waals surface area contributed by atoms with Crippen LogP contribution in [0.1, 0.15) is 5.69 Å². The highest BCUT2D eigenvalue weighted by Gasteiger charge is 2.24. The fourth-order valence-corrected chi connectivity index (χ4v) is 5.30. The zero-order valence-electron chi connectivity index (χ0n) is 18.5. The molecule has 10 nitrogen and oxygen atoms in total. The van der Waals surface area contributed by atoms with E-state index < -0.39 is 26.7 Å². The Kier molecular flexibility index (Phi) is 8.19. The lowest BCUT2D eigenvalue weighted by Gasteiger charge is -2.15. The lowest BCUT2D eigenvalue weighted by molar-refractivity contribution is -0.136. The van der Waals surface area contributed by atoms with Crippen LogP contribution >= 0.6 is 34.7 Å². The van der Waals surface area contributed by atoms with Crippen molar-refractivity contribution in [2.45, 2.75) is 11.4 Å². The van der Waals surface area contributed by atoms with Crippen molar-refractivity contribution in [3.63, 3.8) is 0 Å². The number of carboxylic acids is 1. The smallest absolute Gasteiger partial charge is 0.317 e. The number of nitrogens with zero attached hydrogens (tertiary/aromatic N) is 3. The summed E-state index contributed by atoms with van der Waals surface area (Å²) in [4.78, 5) is 18.3. The molecule has 37 heavy (non-hydrogen) atoms. The number of ether oxygens (including phenoxy) is 1. The molecular formula is C22H16Cl2FN5O5S2. The molecule has 192 valence electrons. The Morgan fingerprint density at radius 1 is 1.14 bits per heavy atom. The summed E-state index contributed by atoms with van der Waals surface area (Å²) in [5, 5.41) is 11.7. The third-order valence-electron chi connectivity index (χ3n) is 4.69. The SMILES string of the molecule is O=C(O)CNCc1cccc(-c2cc(Cl)ccc2Oc2cc(F)c(S(=O)(=O)Nc3ncns3)cc2Cl)n1. The molecule has 0 unspecified atom stereocenters. The van der Waals surface area contributed by atoms with Gasteiger partial charge in [0.2, 0.25) is 5.13 Å². The summed E-state index contributed by atoms with van der Waals surface area (Å²) in [7, 11) is -4.33. The van der Waals surface area contributed by atoms with E-state index in [4.69, 9.17) is 33.0 Å². The van der Waals surface area contributed by atoms with Gasteiger partial charge in [-0.3, -0.25) is 14.5 Å². The molecule has 0 fully saturated rings. The second kappa shape index (κ2) is 11.4. The molecule has 4 rings (SSSR count). The van der Waals surface area contributed by atoms with Crippen LogP contribution in [0, 0.1) is 5.82 Å². The molecule has 0 radical (unpaired) electrons. The van der Waals surface area contributed by atoms with E-state index in [0.29, 0.717) is 22.0 Å². The predicted molar refractivity (Wildman–Crippen MR) is 136 cm³/mol. The van der Waals surface area contributed by atoms with Crippen LogP contribution in [0.2, 0.25) is 10.0 Å². The fraction of sp³-hybridized carbons (Fsp3) is 0.0909. The number of carboxylic acid groups (broad SMARTS) is 1. The number of hydrogen-bond acceptors (Lipinski definition) is 9. The largest absolute Gasteiger partial charge is 0.480 e. The maximum atomic E-state index is 14.9. The van der Waals surface area contributed by atoms with E-state index in [1.165, 1.54) is 6.07 Å². The van der Waals surface area contributed by atoms with Gasteiger partial charge in [-0.1, -0.05) is 29.3 Å². The van der Waals surface area contributed by atoms with Gasteiger partial charge in [-0.15, -0.1) is 0 Å². The van der Waals surface area contributed by atoms with Crippen molar-refractivity contribution in [1.29, 1.82) is 0 Å². The molecule has 0 aliphatic carbocycles. The minimum Gasteiger partial charge on any atom is -0.480 e. The maximum absolute atomic E-state index is 14.9. The molecule has 0 saturated carbocycles. The standard InChI is InChI=1S/C22H16Cl2FN5O5S2/c23-12-4-5-18(14(6-12)17-3-1-2-13(29-17)9-26-10-21(31)32)35-19-8-16(25)20(7-15(19)24)37(33,34)30-22-27-11-28-36-22/h1-8,11,26H,9-10H2,(H,31,32)(H,27,28,30). The summed E-state index contributed by atoms with van der Waals surface area (Å²) in [5.41, 5.74) is 1.45. The Morgan fingerprint density at radius 3 is 2.68 bits per heavy atom. The van der Waals surface area contributed by atoms with Crippen LogP contribution in [0.5, 0.6) is 11.5 Å². The maximum Gasteiger partial charge on any atom is 0.317 e. The highest BCUT2D eigenvalue weighted by atomic mass is 35.5. The first-order chi connectivity index (χ1) is 17.6. The number of carbonyl (C=O) groups is 1. The van der Waals surface area contributed by atoms with Gasteiger partial charge in [-0.2, -0.15) is 4.37 Å². The minimum atomic E-state index is -4.33. The van der Waals surface area contributed by atoms with E-state index >= 15 is 0 Å². The number of halogens is 3. The molecule has 0 spiro atoms. The van der Waals surface area contributed by atoms with Crippen LogP contribution < -0.4 is 14.8 Å². The summed E-state index contributed by atoms with van der Waals surface area (Å²) in [6, 6.07) is 11.6. The Morgan fingerprint density at radius 2 is 1.95 bits per heavy atom. The topological polar surface area (TPSA) is 143 Å². The quantitative estimate of drug-likeness (QED) is 0.239. The van der Waals surface area contributed by atoms with Gasteiger partial charge < -0.3 is 15.2 Å². The second-order valence-corrected chi connectivity index (χ2v) is 10.6. The van der Waals surface area contributed by atoms with Gasteiger partial charge in [-0.05, 0) is 36.4 Å². The van der Waals surface area contributed by atoms with E-state index in [1.54, 1.807) is 30.3 Å². The number of nitrogens with one attached hydrogen (secondary N) is 2. The molecule has 3 N–H and O–H groups in total. The molecule has 4 aromatic rings. The lowest BCUT2D eigenvalue weighted by atomic mass is 10.1. The number of anilines is 1. The molecule has 0 aliphatic heterocycles. The van der Waals surface area contributed by atoms with E-state index in [2.05, 4.69) is 24.4 Å². The molecule has 0 bridgehead atoms. The molecule has 15 heteroatoms. The highest BCUT2D eigenvalue weighted by Crippen LogP contribution is 2.39. The Labute approximate surface area is 224 Å². The average molecular weight is 584 g/mol. The van der Waals surface area contributed by atoms with E-state index in [-0.39, 0.29) is 34.7 Å². The van der Waals surface area contributed by atoms with Crippen molar-refractivity contribution in [2.24, 2.45) is 0 Å². The Bertz CT molecular complexity index is 1560. The van der Waals surface area contributed by atoms with Gasteiger partial charge >= 0.3 is 5.97 Å². The zero-order chi connectivity index (χ0) is 26.6. The second-order valence-electron chi connectivity index (χ2n) is 7.32. The van der Waals surface area contributed by atoms with Gasteiger partial charge in [0.25, 0.3) is 10.0 Å². The molecule has 0 amide bonds. The highest BCUT2D eigenvalue weighted by molar-refractivity contribution is 7.93. The van der Waals surface area contributed by atoms with Crippen molar-refractivity contribution in [3.8, 4) is 22.8 Å². The zero-order valence-corrected chi connectivity index (χ0v) is 21.6. The van der Waals surface area contributed by atoms with Crippen LogP contribution in [0.25, 0.3) is 11.3 Å². The van der Waals surface area contributed by atoms with Crippen LogP contribution in [0.4, 0.5) is 9.52 Å². The third kappa shape index (κ3) is 6.70. The number of sulfonamides is 1. The fourth-order valence-electron chi connectivity index (χ4n) is 3.12. The molecule has 0 aliphatic rings. The lowest BCUT2D eigenvalue weighted by Crippen LogP contribution is -2.22. The summed E-state index contributed by atoms with van der Waals surface area (Å²) < 4.78 is 51.8. The van der Waals surface area contributed by atoms with E-state index in [1.807, 2.05) is 0 Å². The number of rotatable bonds is 10. The first-order valence-corrected chi connectivity index (χ1v) is 13.3. The number of aromatic nitrogens is 3. The van der Waals surface area contributed by atoms with Gasteiger partial charge in [0.05, 0.1) is 23.0 Å². The van der Waals surface area contributed by atoms with E-state index in [0.717, 1.165) is 30.0 Å². The number of benzene rings is 2. The van der Waals surface area contributed by atoms with Crippen molar-refractivity contribution in [3.05, 3.63) is 76.4 Å². The monoisotopic (exact) mass is 583 g/mol. The molecule has 0 atom stereocenters. The molecular weight excluding hydrogens is 568 g/mol. The number of aliphatic carboxylic acids is 1. The first kappa shape index (κ1) is 26.7. The van der Waals surface area contributed by atoms with Crippen molar-refractivity contribution < 1.29 is 27.4 Å². The molecule has 0 saturated heterocycles. The summed E-state index contributed by atoms with van der Waals surface area (Å²) in [6.45, 7) is -0.0293.